The van der Waals surface area contributed by atoms with Crippen LogP contribution in [0.2, 0.25) is 0 Å². The molecule has 2 aliphatic heterocycles. The van der Waals surface area contributed by atoms with Crippen LogP contribution in [0, 0.1) is 5.82 Å². The second-order valence-electron chi connectivity index (χ2n) is 9.73. The standard InChI is InChI=1S/C29H25FN4O4S/c1-38-23-9-10-34-25(21-13-24(27(31)35)39-26(21)23)22(14-32-34)17(11-16-5-4-6-18(30)12-16)15-33-28(36)19-7-2-3-8-20(19)29(33)37/h2-8,12-14,17,23H,9-11,15H2,1H3,(H2,31,35)/t17-,23?/m1/s1. The molecule has 6 rings (SSSR count). The summed E-state index contributed by atoms with van der Waals surface area (Å²) >= 11 is 1.30. The summed E-state index contributed by atoms with van der Waals surface area (Å²) in [6, 6.07) is 14.8. The zero-order valence-electron chi connectivity index (χ0n) is 21.1. The van der Waals surface area contributed by atoms with Gasteiger partial charge in [-0.3, -0.25) is 24.0 Å². The van der Waals surface area contributed by atoms with Crippen LogP contribution in [0.4, 0.5) is 4.39 Å². The molecule has 2 N–H and O–H groups in total. The Bertz CT molecular complexity index is 1590. The summed E-state index contributed by atoms with van der Waals surface area (Å²) in [5, 5.41) is 4.66. The monoisotopic (exact) mass is 544 g/mol. The average Bonchev–Trinajstić information content (AvgIpc) is 3.58. The van der Waals surface area contributed by atoms with Crippen molar-refractivity contribution in [2.45, 2.75) is 31.4 Å². The quantitative estimate of drug-likeness (QED) is 0.343. The lowest BCUT2D eigenvalue weighted by Gasteiger charge is -2.23. The molecule has 4 heterocycles. The van der Waals surface area contributed by atoms with Gasteiger partial charge in [0.15, 0.2) is 0 Å². The third-order valence-electron chi connectivity index (χ3n) is 7.40. The van der Waals surface area contributed by atoms with E-state index in [-0.39, 0.29) is 30.3 Å². The van der Waals surface area contributed by atoms with Crippen LogP contribution in [-0.4, -0.2) is 46.1 Å². The third-order valence-corrected chi connectivity index (χ3v) is 8.64. The Morgan fingerprint density at radius 1 is 1.13 bits per heavy atom. The summed E-state index contributed by atoms with van der Waals surface area (Å²) in [5.41, 5.74) is 9.47. The van der Waals surface area contributed by atoms with E-state index in [0.29, 0.717) is 35.4 Å². The lowest BCUT2D eigenvalue weighted by Crippen LogP contribution is -2.34. The van der Waals surface area contributed by atoms with E-state index in [1.165, 1.54) is 28.4 Å². The van der Waals surface area contributed by atoms with Gasteiger partial charge in [0, 0.05) is 42.1 Å². The first-order chi connectivity index (χ1) is 18.9. The molecule has 2 aliphatic rings. The largest absolute Gasteiger partial charge is 0.376 e. The van der Waals surface area contributed by atoms with E-state index in [1.807, 2.05) is 10.7 Å². The van der Waals surface area contributed by atoms with Crippen molar-refractivity contribution >= 4 is 29.1 Å². The Kier molecular flexibility index (Phi) is 6.36. The number of halogens is 1. The number of carbonyl (C=O) groups excluding carboxylic acids is 3. The Hall–Kier alpha value is -4.15. The van der Waals surface area contributed by atoms with Gasteiger partial charge in [-0.15, -0.1) is 11.3 Å². The molecule has 2 aromatic heterocycles. The highest BCUT2D eigenvalue weighted by molar-refractivity contribution is 7.14. The number of benzene rings is 2. The van der Waals surface area contributed by atoms with Crippen LogP contribution in [0.15, 0.2) is 60.8 Å². The molecule has 198 valence electrons. The van der Waals surface area contributed by atoms with Crippen LogP contribution in [-0.2, 0) is 17.7 Å². The first kappa shape index (κ1) is 25.1. The number of hydrogen-bond acceptors (Lipinski definition) is 6. The van der Waals surface area contributed by atoms with Gasteiger partial charge in [-0.2, -0.15) is 5.10 Å². The van der Waals surface area contributed by atoms with Crippen molar-refractivity contribution in [3.8, 4) is 11.3 Å². The molecule has 39 heavy (non-hydrogen) atoms. The van der Waals surface area contributed by atoms with E-state index < -0.39 is 11.8 Å². The minimum absolute atomic E-state index is 0.0808. The molecule has 0 saturated carbocycles. The molecule has 3 amide bonds. The number of methoxy groups -OCH3 is 1. The van der Waals surface area contributed by atoms with Crippen molar-refractivity contribution in [2.75, 3.05) is 13.7 Å². The number of imide groups is 1. The van der Waals surface area contributed by atoms with Gasteiger partial charge in [-0.05, 0) is 48.7 Å². The minimum Gasteiger partial charge on any atom is -0.376 e. The maximum absolute atomic E-state index is 14.2. The molecular weight excluding hydrogens is 519 g/mol. The van der Waals surface area contributed by atoms with Crippen molar-refractivity contribution < 1.29 is 23.5 Å². The molecule has 0 saturated heterocycles. The number of amides is 3. The summed E-state index contributed by atoms with van der Waals surface area (Å²) in [4.78, 5) is 41.2. The molecule has 1 unspecified atom stereocenters. The second-order valence-corrected chi connectivity index (χ2v) is 10.8. The van der Waals surface area contributed by atoms with Crippen LogP contribution in [0.1, 0.15) is 64.8 Å². The molecule has 0 bridgehead atoms. The molecule has 0 aliphatic carbocycles. The van der Waals surface area contributed by atoms with Gasteiger partial charge in [0.1, 0.15) is 5.82 Å². The van der Waals surface area contributed by atoms with Gasteiger partial charge >= 0.3 is 0 Å². The van der Waals surface area contributed by atoms with Crippen LogP contribution in [0.25, 0.3) is 11.3 Å². The van der Waals surface area contributed by atoms with E-state index in [0.717, 1.165) is 27.3 Å². The lowest BCUT2D eigenvalue weighted by molar-refractivity contribution is 0.0643. The number of fused-ring (bicyclic) bond motifs is 4. The topological polar surface area (TPSA) is 108 Å². The summed E-state index contributed by atoms with van der Waals surface area (Å²) in [7, 11) is 1.63. The second kappa shape index (κ2) is 9.87. The van der Waals surface area contributed by atoms with Crippen molar-refractivity contribution in [1.82, 2.24) is 14.7 Å². The summed E-state index contributed by atoms with van der Waals surface area (Å²) in [6.45, 7) is 0.651. The van der Waals surface area contributed by atoms with E-state index in [2.05, 4.69) is 5.10 Å². The molecule has 2 aromatic carbocycles. The molecular formula is C29H25FN4O4S. The summed E-state index contributed by atoms with van der Waals surface area (Å²) < 4.78 is 21.8. The number of carbonyl (C=O) groups is 3. The number of thiophene rings is 1. The smallest absolute Gasteiger partial charge is 0.261 e. The van der Waals surface area contributed by atoms with Crippen LogP contribution in [0.3, 0.4) is 0 Å². The van der Waals surface area contributed by atoms with E-state index in [1.54, 1.807) is 49.7 Å². The lowest BCUT2D eigenvalue weighted by atomic mass is 9.89. The average molecular weight is 545 g/mol. The van der Waals surface area contributed by atoms with Crippen molar-refractivity contribution in [3.05, 3.63) is 98.6 Å². The Morgan fingerprint density at radius 2 is 1.87 bits per heavy atom. The molecule has 4 aromatic rings. The third kappa shape index (κ3) is 4.35. The normalized spacial score (nSPS) is 17.0. The maximum atomic E-state index is 14.2. The maximum Gasteiger partial charge on any atom is 0.261 e. The van der Waals surface area contributed by atoms with Crippen LogP contribution < -0.4 is 5.73 Å². The SMILES string of the molecule is COC1CCn2ncc([C@H](Cc3cccc(F)c3)CN3C(=O)c4ccccc4C3=O)c2-c2cc(C(N)=O)sc21. The molecule has 0 fully saturated rings. The van der Waals surface area contributed by atoms with Gasteiger partial charge in [0.05, 0.1) is 34.0 Å². The fraction of sp³-hybridized carbons (Fsp3) is 0.241. The number of ether oxygens (including phenoxy) is 1. The van der Waals surface area contributed by atoms with Gasteiger partial charge < -0.3 is 10.5 Å². The highest BCUT2D eigenvalue weighted by Crippen LogP contribution is 2.44. The van der Waals surface area contributed by atoms with Gasteiger partial charge in [-0.1, -0.05) is 24.3 Å². The minimum atomic E-state index is -0.530. The number of nitrogens with two attached hydrogens (primary N) is 1. The zero-order valence-corrected chi connectivity index (χ0v) is 21.9. The number of aryl methyl sites for hydroxylation is 1. The van der Waals surface area contributed by atoms with E-state index >= 15 is 0 Å². The number of rotatable bonds is 7. The molecule has 0 spiro atoms. The number of primary amides is 1. The first-order valence-electron chi connectivity index (χ1n) is 12.6. The molecule has 10 heteroatoms. The highest BCUT2D eigenvalue weighted by atomic mass is 32.1. The van der Waals surface area contributed by atoms with E-state index in [4.69, 9.17) is 10.5 Å². The fourth-order valence-electron chi connectivity index (χ4n) is 5.56. The highest BCUT2D eigenvalue weighted by Gasteiger charge is 2.38. The van der Waals surface area contributed by atoms with Gasteiger partial charge in [0.2, 0.25) is 0 Å². The van der Waals surface area contributed by atoms with Crippen molar-refractivity contribution in [2.24, 2.45) is 5.73 Å². The van der Waals surface area contributed by atoms with Crippen molar-refractivity contribution in [1.29, 1.82) is 0 Å². The first-order valence-corrected chi connectivity index (χ1v) is 13.4. The Morgan fingerprint density at radius 3 is 2.54 bits per heavy atom. The van der Waals surface area contributed by atoms with Crippen molar-refractivity contribution in [3.63, 3.8) is 0 Å². The van der Waals surface area contributed by atoms with Crippen LogP contribution >= 0.6 is 11.3 Å². The summed E-state index contributed by atoms with van der Waals surface area (Å²) in [6.07, 6.45) is 2.50. The Balaban J connectivity index is 1.46. The number of hydrogen-bond donors (Lipinski definition) is 1. The Labute approximate surface area is 227 Å². The molecule has 2 atom stereocenters. The van der Waals surface area contributed by atoms with E-state index in [9.17, 15) is 18.8 Å². The van der Waals surface area contributed by atoms with Crippen LogP contribution in [0.5, 0.6) is 0 Å². The van der Waals surface area contributed by atoms with Gasteiger partial charge in [0.25, 0.3) is 17.7 Å². The summed E-state index contributed by atoms with van der Waals surface area (Å²) in [5.74, 6) is -2.01. The molecule has 0 radical (unpaired) electrons. The fourth-order valence-corrected chi connectivity index (χ4v) is 6.68. The van der Waals surface area contributed by atoms with Gasteiger partial charge in [-0.25, -0.2) is 4.39 Å². The predicted molar refractivity (Wildman–Crippen MR) is 143 cm³/mol. The zero-order chi connectivity index (χ0) is 27.3. The number of aromatic nitrogens is 2. The number of nitrogens with zero attached hydrogens (tertiary/aromatic N) is 3. The molecule has 8 nitrogen and oxygen atoms in total. The predicted octanol–water partition coefficient (Wildman–Crippen LogP) is 4.56.